The molecule has 0 atom stereocenters. The van der Waals surface area contributed by atoms with Crippen LogP contribution in [0.5, 0.6) is 17.2 Å². The van der Waals surface area contributed by atoms with Gasteiger partial charge < -0.3 is 14.6 Å². The molecular weight excluding hydrogens is 348 g/mol. The lowest BCUT2D eigenvalue weighted by Gasteiger charge is -2.11. The molecule has 0 fully saturated rings. The molecule has 1 N–H and O–H groups in total. The largest absolute Gasteiger partial charge is 0.497 e. The molecule has 0 amide bonds. The molecule has 2 aromatic rings. The highest BCUT2D eigenvalue weighted by Crippen LogP contribution is 2.34. The standard InChI is InChI=1S/C14H10BrClO4/c1-19-9-3-4-10(14(17)18)13(7-9)20-12-5-2-8(15)6-11(12)16/h2-7H,1H3,(H,17,18). The molecular formula is C14H10BrClO4. The maximum absolute atomic E-state index is 11.2. The Morgan fingerprint density at radius 2 is 1.95 bits per heavy atom. The third kappa shape index (κ3) is 3.23. The van der Waals surface area contributed by atoms with Crippen LogP contribution in [0.1, 0.15) is 10.4 Å². The molecule has 0 bridgehead atoms. The number of ether oxygens (including phenoxy) is 2. The van der Waals surface area contributed by atoms with Gasteiger partial charge in [-0.1, -0.05) is 27.5 Å². The third-order valence-electron chi connectivity index (χ3n) is 2.53. The number of hydrogen-bond donors (Lipinski definition) is 1. The molecule has 0 spiro atoms. The first-order valence-corrected chi connectivity index (χ1v) is 6.72. The van der Waals surface area contributed by atoms with Crippen molar-refractivity contribution in [3.05, 3.63) is 51.5 Å². The number of carbonyl (C=O) groups is 1. The summed E-state index contributed by atoms with van der Waals surface area (Å²) in [5.41, 5.74) is 0.0322. The Hall–Kier alpha value is -1.72. The topological polar surface area (TPSA) is 55.8 Å². The highest BCUT2D eigenvalue weighted by molar-refractivity contribution is 9.10. The minimum absolute atomic E-state index is 0.0322. The second-order valence-electron chi connectivity index (χ2n) is 3.84. The van der Waals surface area contributed by atoms with Crippen molar-refractivity contribution in [2.75, 3.05) is 7.11 Å². The van der Waals surface area contributed by atoms with Crippen LogP contribution in [-0.4, -0.2) is 18.2 Å². The summed E-state index contributed by atoms with van der Waals surface area (Å²) < 4.78 is 11.5. The summed E-state index contributed by atoms with van der Waals surface area (Å²) >= 11 is 9.34. The van der Waals surface area contributed by atoms with Gasteiger partial charge in [-0.25, -0.2) is 4.79 Å². The van der Waals surface area contributed by atoms with E-state index in [1.165, 1.54) is 19.2 Å². The van der Waals surface area contributed by atoms with Gasteiger partial charge in [0.1, 0.15) is 22.8 Å². The smallest absolute Gasteiger partial charge is 0.339 e. The molecule has 4 nitrogen and oxygen atoms in total. The Labute approximate surface area is 129 Å². The SMILES string of the molecule is COc1ccc(C(=O)O)c(Oc2ccc(Br)cc2Cl)c1. The molecule has 0 aromatic heterocycles. The second kappa shape index (κ2) is 6.15. The van der Waals surface area contributed by atoms with Crippen LogP contribution < -0.4 is 9.47 Å². The van der Waals surface area contributed by atoms with Gasteiger partial charge in [0.15, 0.2) is 0 Å². The van der Waals surface area contributed by atoms with Crippen molar-refractivity contribution in [2.45, 2.75) is 0 Å². The van der Waals surface area contributed by atoms with E-state index < -0.39 is 5.97 Å². The lowest BCUT2D eigenvalue weighted by Crippen LogP contribution is -2.00. The van der Waals surface area contributed by atoms with Crippen molar-refractivity contribution in [2.24, 2.45) is 0 Å². The Morgan fingerprint density at radius 3 is 2.55 bits per heavy atom. The molecule has 0 aliphatic heterocycles. The van der Waals surface area contributed by atoms with Gasteiger partial charge in [0.25, 0.3) is 0 Å². The summed E-state index contributed by atoms with van der Waals surface area (Å²) in [4.78, 5) is 11.2. The summed E-state index contributed by atoms with van der Waals surface area (Å²) in [6.07, 6.45) is 0. The number of halogens is 2. The molecule has 0 unspecified atom stereocenters. The van der Waals surface area contributed by atoms with E-state index in [9.17, 15) is 4.79 Å². The van der Waals surface area contributed by atoms with Crippen molar-refractivity contribution in [1.82, 2.24) is 0 Å². The number of benzene rings is 2. The average molecular weight is 358 g/mol. The number of carboxylic acids is 1. The molecule has 0 heterocycles. The van der Waals surface area contributed by atoms with E-state index in [2.05, 4.69) is 15.9 Å². The fourth-order valence-corrected chi connectivity index (χ4v) is 2.28. The van der Waals surface area contributed by atoms with Gasteiger partial charge in [0, 0.05) is 10.5 Å². The number of carboxylic acid groups (broad SMARTS) is 1. The average Bonchev–Trinajstić information content (AvgIpc) is 2.41. The fraction of sp³-hybridized carbons (Fsp3) is 0.0714. The van der Waals surface area contributed by atoms with E-state index >= 15 is 0 Å². The quantitative estimate of drug-likeness (QED) is 0.868. The van der Waals surface area contributed by atoms with Crippen LogP contribution in [0.2, 0.25) is 5.02 Å². The number of methoxy groups -OCH3 is 1. The van der Waals surface area contributed by atoms with Gasteiger partial charge in [-0.3, -0.25) is 0 Å². The van der Waals surface area contributed by atoms with Crippen molar-refractivity contribution in [3.8, 4) is 17.2 Å². The zero-order valence-corrected chi connectivity index (χ0v) is 12.7. The third-order valence-corrected chi connectivity index (χ3v) is 3.32. The molecule has 2 aromatic carbocycles. The first-order chi connectivity index (χ1) is 9.51. The highest BCUT2D eigenvalue weighted by atomic mass is 79.9. The Bertz CT molecular complexity index is 658. The molecule has 104 valence electrons. The zero-order valence-electron chi connectivity index (χ0n) is 10.4. The van der Waals surface area contributed by atoms with Gasteiger partial charge >= 0.3 is 5.97 Å². The second-order valence-corrected chi connectivity index (χ2v) is 5.17. The van der Waals surface area contributed by atoms with Crippen LogP contribution in [-0.2, 0) is 0 Å². The van der Waals surface area contributed by atoms with Crippen LogP contribution in [0.4, 0.5) is 0 Å². The van der Waals surface area contributed by atoms with Crippen LogP contribution in [0.3, 0.4) is 0 Å². The van der Waals surface area contributed by atoms with E-state index in [4.69, 9.17) is 26.2 Å². The van der Waals surface area contributed by atoms with Crippen molar-refractivity contribution in [1.29, 1.82) is 0 Å². The van der Waals surface area contributed by atoms with Gasteiger partial charge in [0.05, 0.1) is 12.1 Å². The Kier molecular flexibility index (Phi) is 4.52. The summed E-state index contributed by atoms with van der Waals surface area (Å²) in [6, 6.07) is 9.54. The molecule has 2 rings (SSSR count). The molecule has 0 saturated carbocycles. The monoisotopic (exact) mass is 356 g/mol. The van der Waals surface area contributed by atoms with Crippen molar-refractivity contribution < 1.29 is 19.4 Å². The maximum Gasteiger partial charge on any atom is 0.339 e. The molecule has 0 saturated heterocycles. The van der Waals surface area contributed by atoms with Crippen molar-refractivity contribution in [3.63, 3.8) is 0 Å². The lowest BCUT2D eigenvalue weighted by atomic mass is 10.2. The Balaban J connectivity index is 2.43. The van der Waals surface area contributed by atoms with Gasteiger partial charge in [-0.05, 0) is 30.3 Å². The lowest BCUT2D eigenvalue weighted by molar-refractivity contribution is 0.0694. The first kappa shape index (κ1) is 14.7. The van der Waals surface area contributed by atoms with Crippen LogP contribution in [0.25, 0.3) is 0 Å². The van der Waals surface area contributed by atoms with E-state index in [1.807, 2.05) is 0 Å². The summed E-state index contributed by atoms with van der Waals surface area (Å²) in [5.74, 6) is -0.0548. The van der Waals surface area contributed by atoms with Crippen molar-refractivity contribution >= 4 is 33.5 Å². The first-order valence-electron chi connectivity index (χ1n) is 5.55. The van der Waals surface area contributed by atoms with E-state index in [0.717, 1.165) is 4.47 Å². The summed E-state index contributed by atoms with van der Waals surface area (Å²) in [5, 5.41) is 9.53. The van der Waals surface area contributed by atoms with Crippen LogP contribution in [0, 0.1) is 0 Å². The molecule has 0 radical (unpaired) electrons. The minimum atomic E-state index is -1.09. The van der Waals surface area contributed by atoms with Crippen LogP contribution >= 0.6 is 27.5 Å². The molecule has 20 heavy (non-hydrogen) atoms. The minimum Gasteiger partial charge on any atom is -0.497 e. The number of hydrogen-bond acceptors (Lipinski definition) is 3. The highest BCUT2D eigenvalue weighted by Gasteiger charge is 2.14. The predicted octanol–water partition coefficient (Wildman–Crippen LogP) is 4.60. The predicted molar refractivity (Wildman–Crippen MR) is 79.2 cm³/mol. The maximum atomic E-state index is 11.2. The Morgan fingerprint density at radius 1 is 1.20 bits per heavy atom. The normalized spacial score (nSPS) is 10.2. The van der Waals surface area contributed by atoms with Crippen LogP contribution in [0.15, 0.2) is 40.9 Å². The van der Waals surface area contributed by atoms with E-state index in [1.54, 1.807) is 24.3 Å². The van der Waals surface area contributed by atoms with Gasteiger partial charge in [-0.15, -0.1) is 0 Å². The number of aromatic carboxylic acids is 1. The van der Waals surface area contributed by atoms with E-state index in [-0.39, 0.29) is 11.3 Å². The van der Waals surface area contributed by atoms with E-state index in [0.29, 0.717) is 16.5 Å². The van der Waals surface area contributed by atoms with Gasteiger partial charge in [-0.2, -0.15) is 0 Å². The summed E-state index contributed by atoms with van der Waals surface area (Å²) in [6.45, 7) is 0. The zero-order chi connectivity index (χ0) is 14.7. The van der Waals surface area contributed by atoms with Gasteiger partial charge in [0.2, 0.25) is 0 Å². The molecule has 0 aliphatic carbocycles. The number of rotatable bonds is 4. The molecule has 0 aliphatic rings. The fourth-order valence-electron chi connectivity index (χ4n) is 1.57. The molecule has 6 heteroatoms. The summed E-state index contributed by atoms with van der Waals surface area (Å²) in [7, 11) is 1.49.